The van der Waals surface area contributed by atoms with E-state index in [0.717, 1.165) is 6.26 Å². The molecule has 33 heavy (non-hydrogen) atoms. The molecule has 0 unspecified atom stereocenters. The van der Waals surface area contributed by atoms with Crippen molar-refractivity contribution in [3.63, 3.8) is 0 Å². The van der Waals surface area contributed by atoms with Crippen LogP contribution in [0.25, 0.3) is 22.0 Å². The van der Waals surface area contributed by atoms with Crippen LogP contribution in [0.4, 0.5) is 0 Å². The van der Waals surface area contributed by atoms with Crippen LogP contribution in [0, 0.1) is 0 Å². The molecule has 4 rings (SSSR count). The summed E-state index contributed by atoms with van der Waals surface area (Å²) >= 11 is 6.49. The van der Waals surface area contributed by atoms with E-state index < -0.39 is 19.7 Å². The monoisotopic (exact) mass is 501 g/mol. The number of sulfone groups is 2. The van der Waals surface area contributed by atoms with Crippen LogP contribution in [0.5, 0.6) is 11.5 Å². The van der Waals surface area contributed by atoms with Crippen molar-refractivity contribution in [3.8, 4) is 22.6 Å². The van der Waals surface area contributed by atoms with Gasteiger partial charge in [-0.2, -0.15) is 0 Å². The third-order valence-corrected chi connectivity index (χ3v) is 8.33. The Kier molecular flexibility index (Phi) is 6.18. The van der Waals surface area contributed by atoms with Crippen molar-refractivity contribution < 1.29 is 21.6 Å². The van der Waals surface area contributed by atoms with E-state index in [4.69, 9.17) is 16.3 Å². The second-order valence-electron chi connectivity index (χ2n) is 7.40. The summed E-state index contributed by atoms with van der Waals surface area (Å²) in [5.74, 6) is 0.813. The Bertz CT molecular complexity index is 1580. The summed E-state index contributed by atoms with van der Waals surface area (Å²) in [4.78, 5) is 4.61. The van der Waals surface area contributed by atoms with Gasteiger partial charge in [0.15, 0.2) is 19.7 Å². The number of hydrogen-bond acceptors (Lipinski definition) is 6. The zero-order valence-electron chi connectivity index (χ0n) is 17.8. The van der Waals surface area contributed by atoms with E-state index in [1.807, 2.05) is 0 Å². The van der Waals surface area contributed by atoms with Crippen molar-refractivity contribution in [2.75, 3.05) is 12.0 Å². The molecule has 0 aliphatic carbocycles. The van der Waals surface area contributed by atoms with Gasteiger partial charge >= 0.3 is 0 Å². The molecule has 0 aliphatic rings. The highest BCUT2D eigenvalue weighted by Gasteiger charge is 2.17. The predicted molar refractivity (Wildman–Crippen MR) is 130 cm³/mol. The van der Waals surface area contributed by atoms with Crippen LogP contribution < -0.4 is 4.74 Å². The Labute approximate surface area is 197 Å². The van der Waals surface area contributed by atoms with Crippen molar-refractivity contribution in [1.82, 2.24) is 4.98 Å². The van der Waals surface area contributed by atoms with Crippen LogP contribution in [0.3, 0.4) is 0 Å². The largest absolute Gasteiger partial charge is 0.457 e. The van der Waals surface area contributed by atoms with Crippen molar-refractivity contribution in [2.45, 2.75) is 16.7 Å². The van der Waals surface area contributed by atoms with Crippen LogP contribution in [0.2, 0.25) is 5.02 Å². The van der Waals surface area contributed by atoms with Gasteiger partial charge in [0.1, 0.15) is 11.5 Å². The average molecular weight is 502 g/mol. The number of hydrogen-bond donors (Lipinski definition) is 0. The predicted octanol–water partition coefficient (Wildman–Crippen LogP) is 5.54. The molecule has 1 aromatic heterocycles. The lowest BCUT2D eigenvalue weighted by atomic mass is 10.0. The molecular weight excluding hydrogens is 482 g/mol. The molecule has 0 bridgehead atoms. The van der Waals surface area contributed by atoms with Gasteiger partial charge in [-0.15, -0.1) is 0 Å². The van der Waals surface area contributed by atoms with Crippen molar-refractivity contribution >= 4 is 42.2 Å². The number of halogens is 1. The van der Waals surface area contributed by atoms with E-state index in [0.29, 0.717) is 38.6 Å². The second kappa shape index (κ2) is 8.78. The first-order chi connectivity index (χ1) is 15.6. The summed E-state index contributed by atoms with van der Waals surface area (Å²) in [5, 5.41) is 1.08. The first-order valence-corrected chi connectivity index (χ1v) is 13.9. The molecule has 0 spiro atoms. The minimum absolute atomic E-state index is 0.00781. The lowest BCUT2D eigenvalue weighted by Gasteiger charge is -2.13. The number of ether oxygens (including phenoxy) is 1. The second-order valence-corrected chi connectivity index (χ2v) is 12.1. The number of rotatable bonds is 6. The van der Waals surface area contributed by atoms with E-state index in [1.165, 1.54) is 24.4 Å². The van der Waals surface area contributed by atoms with E-state index in [2.05, 4.69) is 4.98 Å². The van der Waals surface area contributed by atoms with Gasteiger partial charge in [-0.25, -0.2) is 16.8 Å². The van der Waals surface area contributed by atoms with Gasteiger partial charge < -0.3 is 4.74 Å². The fourth-order valence-electron chi connectivity index (χ4n) is 3.49. The Morgan fingerprint density at radius 1 is 0.879 bits per heavy atom. The molecule has 1 heterocycles. The minimum atomic E-state index is -3.48. The molecule has 0 fully saturated rings. The Morgan fingerprint density at radius 3 is 2.33 bits per heavy atom. The third kappa shape index (κ3) is 4.73. The standard InChI is InChI=1S/C24H20ClNO5S2/c1-3-33(29,30)18-7-4-6-16(14-18)31-17-10-11-22(25)21(15-17)19-12-13-26-24-20(19)8-5-9-23(24)32(2,27)28/h4-15H,3H2,1-2H3. The highest BCUT2D eigenvalue weighted by atomic mass is 35.5. The maximum Gasteiger partial charge on any atom is 0.178 e. The summed E-state index contributed by atoms with van der Waals surface area (Å²) in [6, 6.07) is 18.1. The third-order valence-electron chi connectivity index (χ3n) is 5.14. The summed E-state index contributed by atoms with van der Waals surface area (Å²) < 4.78 is 54.7. The van der Waals surface area contributed by atoms with Crippen LogP contribution in [0.1, 0.15) is 6.92 Å². The highest BCUT2D eigenvalue weighted by molar-refractivity contribution is 7.91. The first-order valence-electron chi connectivity index (χ1n) is 9.98. The molecule has 0 aliphatic heterocycles. The molecule has 6 nitrogen and oxygen atoms in total. The lowest BCUT2D eigenvalue weighted by Crippen LogP contribution is -2.03. The molecule has 0 amide bonds. The fraction of sp³-hybridized carbons (Fsp3) is 0.125. The Morgan fingerprint density at radius 2 is 1.61 bits per heavy atom. The lowest BCUT2D eigenvalue weighted by molar-refractivity contribution is 0.481. The average Bonchev–Trinajstić information content (AvgIpc) is 2.79. The summed E-state index contributed by atoms with van der Waals surface area (Å²) in [5.41, 5.74) is 1.69. The molecule has 170 valence electrons. The number of aromatic nitrogens is 1. The summed E-state index contributed by atoms with van der Waals surface area (Å²) in [6.45, 7) is 1.59. The molecular formula is C24H20ClNO5S2. The van der Waals surface area contributed by atoms with Gasteiger partial charge in [-0.3, -0.25) is 4.98 Å². The van der Waals surface area contributed by atoms with E-state index in [1.54, 1.807) is 55.5 Å². The summed E-state index contributed by atoms with van der Waals surface area (Å²) in [6.07, 6.45) is 2.68. The summed E-state index contributed by atoms with van der Waals surface area (Å²) in [7, 11) is -6.84. The van der Waals surface area contributed by atoms with E-state index >= 15 is 0 Å². The topological polar surface area (TPSA) is 90.4 Å². The quantitative estimate of drug-likeness (QED) is 0.344. The molecule has 0 saturated carbocycles. The molecule has 0 radical (unpaired) electrons. The van der Waals surface area contributed by atoms with Crippen molar-refractivity contribution in [3.05, 3.63) is 77.9 Å². The molecule has 9 heteroatoms. The molecule has 4 aromatic rings. The Balaban J connectivity index is 1.80. The van der Waals surface area contributed by atoms with E-state index in [-0.39, 0.29) is 15.5 Å². The number of para-hydroxylation sites is 1. The van der Waals surface area contributed by atoms with Crippen LogP contribution in [-0.2, 0) is 19.7 Å². The Hall–Kier alpha value is -2.94. The van der Waals surface area contributed by atoms with Crippen LogP contribution >= 0.6 is 11.6 Å². The SMILES string of the molecule is CCS(=O)(=O)c1cccc(Oc2ccc(Cl)c(-c3ccnc4c(S(C)(=O)=O)cccc34)c2)c1. The van der Waals surface area contributed by atoms with Gasteiger partial charge in [0.25, 0.3) is 0 Å². The van der Waals surface area contributed by atoms with Gasteiger partial charge in [-0.1, -0.05) is 36.7 Å². The number of nitrogens with zero attached hydrogens (tertiary/aromatic N) is 1. The minimum Gasteiger partial charge on any atom is -0.457 e. The molecule has 3 aromatic carbocycles. The molecule has 0 atom stereocenters. The zero-order valence-corrected chi connectivity index (χ0v) is 20.2. The van der Waals surface area contributed by atoms with Crippen molar-refractivity contribution in [1.29, 1.82) is 0 Å². The van der Waals surface area contributed by atoms with Gasteiger partial charge in [-0.05, 0) is 54.1 Å². The normalized spacial score (nSPS) is 12.1. The zero-order chi connectivity index (χ0) is 23.8. The first kappa shape index (κ1) is 23.2. The van der Waals surface area contributed by atoms with Gasteiger partial charge in [0.2, 0.25) is 0 Å². The van der Waals surface area contributed by atoms with Crippen molar-refractivity contribution in [2.24, 2.45) is 0 Å². The smallest absolute Gasteiger partial charge is 0.178 e. The molecule has 0 saturated heterocycles. The number of fused-ring (bicyclic) bond motifs is 1. The van der Waals surface area contributed by atoms with E-state index in [9.17, 15) is 16.8 Å². The van der Waals surface area contributed by atoms with Crippen LogP contribution in [0.15, 0.2) is 82.7 Å². The fourth-order valence-corrected chi connectivity index (χ4v) is 5.47. The maximum atomic E-state index is 12.2. The number of pyridine rings is 1. The maximum absolute atomic E-state index is 12.2. The highest BCUT2D eigenvalue weighted by Crippen LogP contribution is 2.37. The van der Waals surface area contributed by atoms with Crippen LogP contribution in [-0.4, -0.2) is 33.8 Å². The van der Waals surface area contributed by atoms with Gasteiger partial charge in [0, 0.05) is 28.4 Å². The van der Waals surface area contributed by atoms with Gasteiger partial charge in [0.05, 0.1) is 21.1 Å². The number of benzene rings is 3. The molecule has 0 N–H and O–H groups in total.